The zero-order valence-electron chi connectivity index (χ0n) is 13.7. The summed E-state index contributed by atoms with van der Waals surface area (Å²) in [5.74, 6) is 2.67. The van der Waals surface area contributed by atoms with E-state index in [1.165, 1.54) is 38.6 Å². The van der Waals surface area contributed by atoms with Crippen LogP contribution in [0.4, 0.5) is 0 Å². The van der Waals surface area contributed by atoms with Crippen LogP contribution in [0.5, 0.6) is 0 Å². The van der Waals surface area contributed by atoms with Crippen LogP contribution in [-0.2, 0) is 0 Å². The van der Waals surface area contributed by atoms with E-state index in [0.717, 1.165) is 29.8 Å². The van der Waals surface area contributed by atoms with E-state index in [0.29, 0.717) is 6.04 Å². The Bertz CT molecular complexity index is 278. The van der Waals surface area contributed by atoms with Crippen molar-refractivity contribution < 1.29 is 0 Å². The first-order valence-electron chi connectivity index (χ1n) is 8.49. The molecule has 1 saturated carbocycles. The topological polar surface area (TPSA) is 15.3 Å². The van der Waals surface area contributed by atoms with Gasteiger partial charge in [-0.2, -0.15) is 0 Å². The van der Waals surface area contributed by atoms with Crippen LogP contribution in [0.25, 0.3) is 0 Å². The molecule has 6 unspecified atom stereocenters. The number of likely N-dealkylation sites (tertiary alicyclic amines) is 1. The fourth-order valence-electron chi connectivity index (χ4n) is 4.50. The van der Waals surface area contributed by atoms with E-state index in [1.807, 2.05) is 0 Å². The highest BCUT2D eigenvalue weighted by Gasteiger charge is 2.39. The second-order valence-corrected chi connectivity index (χ2v) is 7.31. The van der Waals surface area contributed by atoms with E-state index in [-0.39, 0.29) is 0 Å². The van der Waals surface area contributed by atoms with Crippen molar-refractivity contribution in [3.8, 4) is 0 Å². The second kappa shape index (κ2) is 6.58. The fourth-order valence-corrected chi connectivity index (χ4v) is 4.50. The quantitative estimate of drug-likeness (QED) is 0.841. The van der Waals surface area contributed by atoms with Crippen LogP contribution < -0.4 is 5.32 Å². The molecule has 2 fully saturated rings. The molecule has 1 aliphatic heterocycles. The standard InChI is InChI=1S/C17H34N2/c1-6-15-7-8-16(18-5)17(10-15)19-11-12(2)9-13(3)14(19)4/h12-18H,6-11H2,1-5H3. The van der Waals surface area contributed by atoms with E-state index in [4.69, 9.17) is 0 Å². The SMILES string of the molecule is CCC1CCC(NC)C(N2CC(C)CC(C)C2C)C1. The monoisotopic (exact) mass is 266 g/mol. The van der Waals surface area contributed by atoms with Crippen molar-refractivity contribution in [2.45, 2.75) is 77.9 Å². The second-order valence-electron chi connectivity index (χ2n) is 7.31. The Morgan fingerprint density at radius 1 is 1.11 bits per heavy atom. The Morgan fingerprint density at radius 3 is 2.47 bits per heavy atom. The van der Waals surface area contributed by atoms with Gasteiger partial charge in [-0.05, 0) is 57.4 Å². The molecule has 0 amide bonds. The van der Waals surface area contributed by atoms with Crippen LogP contribution >= 0.6 is 0 Å². The lowest BCUT2D eigenvalue weighted by molar-refractivity contribution is 0.00204. The molecule has 112 valence electrons. The van der Waals surface area contributed by atoms with Crippen molar-refractivity contribution in [2.75, 3.05) is 13.6 Å². The molecule has 1 heterocycles. The van der Waals surface area contributed by atoms with Gasteiger partial charge in [0.15, 0.2) is 0 Å². The third kappa shape index (κ3) is 3.33. The van der Waals surface area contributed by atoms with Crippen LogP contribution in [0, 0.1) is 17.8 Å². The summed E-state index contributed by atoms with van der Waals surface area (Å²) >= 11 is 0. The Morgan fingerprint density at radius 2 is 1.84 bits per heavy atom. The third-order valence-electron chi connectivity index (χ3n) is 5.94. The summed E-state index contributed by atoms with van der Waals surface area (Å²) in [6.07, 6.45) is 6.97. The molecule has 2 aliphatic rings. The summed E-state index contributed by atoms with van der Waals surface area (Å²) in [6, 6.07) is 2.24. The average Bonchev–Trinajstić information content (AvgIpc) is 2.42. The summed E-state index contributed by atoms with van der Waals surface area (Å²) < 4.78 is 0. The molecule has 0 spiro atoms. The zero-order chi connectivity index (χ0) is 14.0. The van der Waals surface area contributed by atoms with E-state index in [2.05, 4.69) is 45.0 Å². The molecule has 0 aromatic rings. The molecular formula is C17H34N2. The fraction of sp³-hybridized carbons (Fsp3) is 1.00. The highest BCUT2D eigenvalue weighted by Crippen LogP contribution is 2.36. The maximum Gasteiger partial charge on any atom is 0.0254 e. The molecule has 19 heavy (non-hydrogen) atoms. The van der Waals surface area contributed by atoms with Gasteiger partial charge in [0.25, 0.3) is 0 Å². The van der Waals surface area contributed by atoms with Crippen molar-refractivity contribution in [1.29, 1.82) is 0 Å². The van der Waals surface area contributed by atoms with Gasteiger partial charge in [0, 0.05) is 24.7 Å². The minimum atomic E-state index is 0.711. The van der Waals surface area contributed by atoms with E-state index in [1.54, 1.807) is 0 Å². The number of rotatable bonds is 3. The molecule has 1 saturated heterocycles. The van der Waals surface area contributed by atoms with Gasteiger partial charge in [-0.3, -0.25) is 4.90 Å². The number of piperidine rings is 1. The van der Waals surface area contributed by atoms with Crippen molar-refractivity contribution in [3.05, 3.63) is 0 Å². The van der Waals surface area contributed by atoms with Gasteiger partial charge < -0.3 is 5.32 Å². The smallest absolute Gasteiger partial charge is 0.0254 e. The van der Waals surface area contributed by atoms with Crippen molar-refractivity contribution in [1.82, 2.24) is 10.2 Å². The molecule has 1 N–H and O–H groups in total. The highest BCUT2D eigenvalue weighted by atomic mass is 15.2. The Kier molecular flexibility index (Phi) is 5.30. The number of hydrogen-bond donors (Lipinski definition) is 1. The predicted molar refractivity (Wildman–Crippen MR) is 83.4 cm³/mol. The van der Waals surface area contributed by atoms with Crippen LogP contribution in [0.3, 0.4) is 0 Å². The first-order valence-corrected chi connectivity index (χ1v) is 8.49. The van der Waals surface area contributed by atoms with Gasteiger partial charge >= 0.3 is 0 Å². The lowest BCUT2D eigenvalue weighted by atomic mass is 9.77. The Balaban J connectivity index is 2.10. The Hall–Kier alpha value is -0.0800. The van der Waals surface area contributed by atoms with Crippen LogP contribution in [-0.4, -0.2) is 36.6 Å². The molecule has 6 atom stereocenters. The maximum atomic E-state index is 3.60. The lowest BCUT2D eigenvalue weighted by Gasteiger charge is -2.50. The third-order valence-corrected chi connectivity index (χ3v) is 5.94. The van der Waals surface area contributed by atoms with E-state index >= 15 is 0 Å². The highest BCUT2D eigenvalue weighted by molar-refractivity contribution is 4.95. The van der Waals surface area contributed by atoms with Gasteiger partial charge in [0.05, 0.1) is 0 Å². The Labute approximate surface area is 120 Å². The first-order chi connectivity index (χ1) is 9.06. The van der Waals surface area contributed by atoms with Gasteiger partial charge in [0.2, 0.25) is 0 Å². The van der Waals surface area contributed by atoms with Crippen molar-refractivity contribution >= 4 is 0 Å². The lowest BCUT2D eigenvalue weighted by Crippen LogP contribution is -2.59. The molecule has 0 aromatic carbocycles. The molecular weight excluding hydrogens is 232 g/mol. The summed E-state index contributed by atoms with van der Waals surface area (Å²) in [7, 11) is 2.16. The van der Waals surface area contributed by atoms with Crippen molar-refractivity contribution in [3.63, 3.8) is 0 Å². The molecule has 2 nitrogen and oxygen atoms in total. The minimum absolute atomic E-state index is 0.711. The number of nitrogens with one attached hydrogen (secondary N) is 1. The van der Waals surface area contributed by atoms with Gasteiger partial charge in [-0.1, -0.05) is 27.2 Å². The zero-order valence-corrected chi connectivity index (χ0v) is 13.7. The molecule has 2 rings (SSSR count). The minimum Gasteiger partial charge on any atom is -0.315 e. The molecule has 2 heteroatoms. The van der Waals surface area contributed by atoms with Crippen LogP contribution in [0.15, 0.2) is 0 Å². The van der Waals surface area contributed by atoms with Crippen LogP contribution in [0.2, 0.25) is 0 Å². The van der Waals surface area contributed by atoms with Crippen LogP contribution in [0.1, 0.15) is 59.8 Å². The summed E-state index contributed by atoms with van der Waals surface area (Å²) in [6.45, 7) is 11.0. The van der Waals surface area contributed by atoms with Gasteiger partial charge in [-0.25, -0.2) is 0 Å². The van der Waals surface area contributed by atoms with Crippen molar-refractivity contribution in [2.24, 2.45) is 17.8 Å². The first kappa shape index (κ1) is 15.3. The predicted octanol–water partition coefficient (Wildman–Crippen LogP) is 3.52. The average molecular weight is 266 g/mol. The number of likely N-dealkylation sites (N-methyl/N-ethyl adjacent to an activating group) is 1. The van der Waals surface area contributed by atoms with Gasteiger partial charge in [-0.15, -0.1) is 0 Å². The summed E-state index contributed by atoms with van der Waals surface area (Å²) in [5, 5.41) is 3.60. The normalized spacial score (nSPS) is 45.3. The molecule has 0 bridgehead atoms. The van der Waals surface area contributed by atoms with E-state index < -0.39 is 0 Å². The summed E-state index contributed by atoms with van der Waals surface area (Å²) in [4.78, 5) is 2.85. The molecule has 0 radical (unpaired) electrons. The van der Waals surface area contributed by atoms with E-state index in [9.17, 15) is 0 Å². The largest absolute Gasteiger partial charge is 0.315 e. The maximum absolute atomic E-state index is 3.60. The summed E-state index contributed by atoms with van der Waals surface area (Å²) in [5.41, 5.74) is 0. The number of hydrogen-bond acceptors (Lipinski definition) is 2. The molecule has 1 aliphatic carbocycles. The number of nitrogens with zero attached hydrogens (tertiary/aromatic N) is 1. The van der Waals surface area contributed by atoms with Gasteiger partial charge in [0.1, 0.15) is 0 Å². The molecule has 0 aromatic heterocycles.